The van der Waals surface area contributed by atoms with Crippen molar-refractivity contribution < 1.29 is 4.79 Å². The molecule has 132 valence electrons. The second kappa shape index (κ2) is 8.12. The molecule has 5 heteroatoms. The Morgan fingerprint density at radius 3 is 2.72 bits per heavy atom. The number of nitrogens with zero attached hydrogens (tertiary/aromatic N) is 3. The van der Waals surface area contributed by atoms with Crippen molar-refractivity contribution in [2.75, 3.05) is 24.5 Å². The Morgan fingerprint density at radius 2 is 2.08 bits per heavy atom. The van der Waals surface area contributed by atoms with E-state index >= 15 is 0 Å². The molecule has 2 atom stereocenters. The normalized spacial score (nSPS) is 19.8. The molecule has 1 amide bonds. The van der Waals surface area contributed by atoms with E-state index in [4.69, 9.17) is 5.73 Å². The van der Waals surface area contributed by atoms with Gasteiger partial charge in [-0.15, -0.1) is 0 Å². The highest BCUT2D eigenvalue weighted by molar-refractivity contribution is 5.82. The van der Waals surface area contributed by atoms with Gasteiger partial charge in [0, 0.05) is 37.2 Å². The minimum absolute atomic E-state index is 0.163. The molecule has 5 nitrogen and oxygen atoms in total. The van der Waals surface area contributed by atoms with Crippen molar-refractivity contribution >= 4 is 11.6 Å². The lowest BCUT2D eigenvalue weighted by molar-refractivity contribution is -0.130. The molecule has 2 N–H and O–H groups in total. The van der Waals surface area contributed by atoms with Gasteiger partial charge in [0.25, 0.3) is 0 Å². The van der Waals surface area contributed by atoms with Gasteiger partial charge in [-0.05, 0) is 49.6 Å². The third-order valence-electron chi connectivity index (χ3n) is 4.86. The van der Waals surface area contributed by atoms with Gasteiger partial charge in [-0.1, -0.05) is 24.3 Å². The average molecular weight is 338 g/mol. The second-order valence-corrected chi connectivity index (χ2v) is 6.79. The summed E-state index contributed by atoms with van der Waals surface area (Å²) < 4.78 is 0. The van der Waals surface area contributed by atoms with E-state index in [1.807, 2.05) is 53.6 Å². The van der Waals surface area contributed by atoms with Crippen molar-refractivity contribution in [3.05, 3.63) is 60.4 Å². The SMILES string of the molecule is CC1CC(CN)CN1C(=O)CN(Cc1cccnc1)c1ccccc1. The Kier molecular flexibility index (Phi) is 5.66. The van der Waals surface area contributed by atoms with Crippen LogP contribution in [0, 0.1) is 5.92 Å². The van der Waals surface area contributed by atoms with Gasteiger partial charge in [-0.2, -0.15) is 0 Å². The maximum absolute atomic E-state index is 12.9. The zero-order valence-corrected chi connectivity index (χ0v) is 14.7. The Balaban J connectivity index is 1.74. The molecular formula is C20H26N4O. The molecule has 0 radical (unpaired) electrons. The first kappa shape index (κ1) is 17.4. The number of hydrogen-bond donors (Lipinski definition) is 1. The Morgan fingerprint density at radius 1 is 1.28 bits per heavy atom. The minimum Gasteiger partial charge on any atom is -0.358 e. The second-order valence-electron chi connectivity index (χ2n) is 6.79. The maximum Gasteiger partial charge on any atom is 0.242 e. The van der Waals surface area contributed by atoms with E-state index in [-0.39, 0.29) is 11.9 Å². The number of amides is 1. The molecule has 1 fully saturated rings. The lowest BCUT2D eigenvalue weighted by Crippen LogP contribution is -2.42. The number of rotatable bonds is 6. The highest BCUT2D eigenvalue weighted by Gasteiger charge is 2.32. The van der Waals surface area contributed by atoms with Crippen LogP contribution in [0.3, 0.4) is 0 Å². The van der Waals surface area contributed by atoms with E-state index in [2.05, 4.69) is 16.8 Å². The number of carbonyl (C=O) groups excluding carboxylic acids is 1. The van der Waals surface area contributed by atoms with Gasteiger partial charge in [0.15, 0.2) is 0 Å². The number of likely N-dealkylation sites (tertiary alicyclic amines) is 1. The first-order valence-corrected chi connectivity index (χ1v) is 8.86. The Labute approximate surface area is 149 Å². The van der Waals surface area contributed by atoms with E-state index in [1.54, 1.807) is 6.20 Å². The summed E-state index contributed by atoms with van der Waals surface area (Å²) in [5.41, 5.74) is 7.93. The van der Waals surface area contributed by atoms with Crippen LogP contribution >= 0.6 is 0 Å². The number of benzene rings is 1. The summed E-state index contributed by atoms with van der Waals surface area (Å²) in [6.07, 6.45) is 4.61. The van der Waals surface area contributed by atoms with Crippen LogP contribution in [0.4, 0.5) is 5.69 Å². The van der Waals surface area contributed by atoms with Crippen LogP contribution in [0.15, 0.2) is 54.9 Å². The zero-order chi connectivity index (χ0) is 17.6. The molecule has 0 saturated carbocycles. The van der Waals surface area contributed by atoms with Crippen LogP contribution in [0.5, 0.6) is 0 Å². The fourth-order valence-electron chi connectivity index (χ4n) is 3.50. The van der Waals surface area contributed by atoms with Crippen molar-refractivity contribution in [1.82, 2.24) is 9.88 Å². The molecule has 1 aliphatic rings. The Bertz CT molecular complexity index is 677. The van der Waals surface area contributed by atoms with Crippen LogP contribution in [0.25, 0.3) is 0 Å². The monoisotopic (exact) mass is 338 g/mol. The number of pyridine rings is 1. The third kappa shape index (κ3) is 4.37. The van der Waals surface area contributed by atoms with Gasteiger partial charge in [0.1, 0.15) is 0 Å². The summed E-state index contributed by atoms with van der Waals surface area (Å²) in [5.74, 6) is 0.582. The number of anilines is 1. The van der Waals surface area contributed by atoms with Crippen molar-refractivity contribution in [2.24, 2.45) is 11.7 Å². The van der Waals surface area contributed by atoms with Gasteiger partial charge >= 0.3 is 0 Å². The van der Waals surface area contributed by atoms with E-state index in [0.29, 0.717) is 25.6 Å². The topological polar surface area (TPSA) is 62.5 Å². The molecule has 1 aromatic carbocycles. The van der Waals surface area contributed by atoms with Crippen LogP contribution in [0.1, 0.15) is 18.9 Å². The minimum atomic E-state index is 0.163. The van der Waals surface area contributed by atoms with E-state index in [9.17, 15) is 4.79 Å². The van der Waals surface area contributed by atoms with Gasteiger partial charge in [-0.3, -0.25) is 9.78 Å². The molecule has 0 aliphatic carbocycles. The average Bonchev–Trinajstić information content (AvgIpc) is 3.04. The predicted octanol–water partition coefficient (Wildman–Crippen LogP) is 2.28. The van der Waals surface area contributed by atoms with Crippen molar-refractivity contribution in [3.8, 4) is 0 Å². The maximum atomic E-state index is 12.9. The van der Waals surface area contributed by atoms with Crippen LogP contribution in [0.2, 0.25) is 0 Å². The standard InChI is InChI=1S/C20H26N4O/c1-16-10-18(11-21)14-24(16)20(25)15-23(19-7-3-2-4-8-19)13-17-6-5-9-22-12-17/h2-9,12,16,18H,10-11,13-15,21H2,1H3. The first-order valence-electron chi connectivity index (χ1n) is 8.86. The highest BCUT2D eigenvalue weighted by Crippen LogP contribution is 2.23. The molecular weight excluding hydrogens is 312 g/mol. The fraction of sp³-hybridized carbons (Fsp3) is 0.400. The molecule has 25 heavy (non-hydrogen) atoms. The number of hydrogen-bond acceptors (Lipinski definition) is 4. The molecule has 1 aliphatic heterocycles. The number of carbonyl (C=O) groups is 1. The Hall–Kier alpha value is -2.40. The van der Waals surface area contributed by atoms with Crippen molar-refractivity contribution in [2.45, 2.75) is 25.9 Å². The summed E-state index contributed by atoms with van der Waals surface area (Å²) in [4.78, 5) is 21.2. The largest absolute Gasteiger partial charge is 0.358 e. The molecule has 2 heterocycles. The summed E-state index contributed by atoms with van der Waals surface area (Å²) in [7, 11) is 0. The number of aromatic nitrogens is 1. The third-order valence-corrected chi connectivity index (χ3v) is 4.86. The van der Waals surface area contributed by atoms with E-state index in [1.165, 1.54) is 0 Å². The van der Waals surface area contributed by atoms with Crippen molar-refractivity contribution in [3.63, 3.8) is 0 Å². The van der Waals surface area contributed by atoms with Gasteiger partial charge < -0.3 is 15.5 Å². The smallest absolute Gasteiger partial charge is 0.242 e. The number of para-hydroxylation sites is 1. The number of nitrogens with two attached hydrogens (primary N) is 1. The molecule has 3 rings (SSSR count). The summed E-state index contributed by atoms with van der Waals surface area (Å²) in [6, 6.07) is 14.3. The molecule has 1 saturated heterocycles. The molecule has 1 aromatic heterocycles. The quantitative estimate of drug-likeness (QED) is 0.878. The summed E-state index contributed by atoms with van der Waals surface area (Å²) in [6.45, 7) is 4.55. The fourth-order valence-corrected chi connectivity index (χ4v) is 3.50. The van der Waals surface area contributed by atoms with Crippen LogP contribution < -0.4 is 10.6 Å². The molecule has 0 bridgehead atoms. The van der Waals surface area contributed by atoms with Crippen LogP contribution in [-0.2, 0) is 11.3 Å². The van der Waals surface area contributed by atoms with Crippen molar-refractivity contribution in [1.29, 1.82) is 0 Å². The molecule has 0 spiro atoms. The predicted molar refractivity (Wildman–Crippen MR) is 100 cm³/mol. The lowest BCUT2D eigenvalue weighted by Gasteiger charge is -2.29. The van der Waals surface area contributed by atoms with E-state index < -0.39 is 0 Å². The van der Waals surface area contributed by atoms with Crippen LogP contribution in [-0.4, -0.2) is 41.5 Å². The first-order chi connectivity index (χ1) is 12.2. The summed E-state index contributed by atoms with van der Waals surface area (Å²) in [5, 5.41) is 0. The van der Waals surface area contributed by atoms with Gasteiger partial charge in [0.05, 0.1) is 6.54 Å². The molecule has 2 unspecified atom stereocenters. The van der Waals surface area contributed by atoms with Gasteiger partial charge in [0.2, 0.25) is 5.91 Å². The zero-order valence-electron chi connectivity index (χ0n) is 14.7. The lowest BCUT2D eigenvalue weighted by atomic mass is 10.1. The highest BCUT2D eigenvalue weighted by atomic mass is 16.2. The van der Waals surface area contributed by atoms with Gasteiger partial charge in [-0.25, -0.2) is 0 Å². The van der Waals surface area contributed by atoms with E-state index in [0.717, 1.165) is 24.2 Å². The molecule has 2 aromatic rings. The summed E-state index contributed by atoms with van der Waals surface area (Å²) >= 11 is 0.